The summed E-state index contributed by atoms with van der Waals surface area (Å²) in [5.41, 5.74) is 2.42. The summed E-state index contributed by atoms with van der Waals surface area (Å²) >= 11 is 6.76. The quantitative estimate of drug-likeness (QED) is 0.514. The molecule has 2 heterocycles. The zero-order valence-electron chi connectivity index (χ0n) is 17.0. The first-order chi connectivity index (χ1) is 14.8. The van der Waals surface area contributed by atoms with E-state index in [4.69, 9.17) is 11.6 Å². The zero-order chi connectivity index (χ0) is 22.1. The first kappa shape index (κ1) is 21.2. The molecule has 1 fully saturated rings. The van der Waals surface area contributed by atoms with Crippen molar-refractivity contribution < 1.29 is 14.4 Å². The average Bonchev–Trinajstić information content (AvgIpc) is 3.21. The highest BCUT2D eigenvalue weighted by Crippen LogP contribution is 2.34. The summed E-state index contributed by atoms with van der Waals surface area (Å²) in [5.74, 6) is -0.945. The number of nitrogens with one attached hydrogen (secondary N) is 1. The molecule has 0 aliphatic carbocycles. The van der Waals surface area contributed by atoms with Crippen molar-refractivity contribution >= 4 is 63.1 Å². The molecule has 158 valence electrons. The number of para-hydroxylation sites is 1. The van der Waals surface area contributed by atoms with Gasteiger partial charge in [-0.2, -0.15) is 0 Å². The van der Waals surface area contributed by atoms with Crippen molar-refractivity contribution in [2.75, 3.05) is 11.9 Å². The number of fused-ring (bicyclic) bond motifs is 1. The van der Waals surface area contributed by atoms with Gasteiger partial charge in [-0.15, -0.1) is 0 Å². The number of imide groups is 1. The van der Waals surface area contributed by atoms with E-state index in [9.17, 15) is 14.4 Å². The number of aromatic nitrogens is 1. The van der Waals surface area contributed by atoms with Gasteiger partial charge in [0.05, 0.1) is 4.91 Å². The van der Waals surface area contributed by atoms with Crippen LogP contribution < -0.4 is 5.32 Å². The van der Waals surface area contributed by atoms with Crippen LogP contribution in [0.2, 0.25) is 5.02 Å². The minimum Gasteiger partial charge on any atom is -0.344 e. The summed E-state index contributed by atoms with van der Waals surface area (Å²) in [4.78, 5) is 38.9. The Bertz CT molecular complexity index is 1230. The third-order valence-electron chi connectivity index (χ3n) is 4.90. The zero-order valence-corrected chi connectivity index (χ0v) is 18.5. The molecule has 31 heavy (non-hydrogen) atoms. The number of thioether (sulfide) groups is 1. The highest BCUT2D eigenvalue weighted by molar-refractivity contribution is 8.18. The summed E-state index contributed by atoms with van der Waals surface area (Å²) in [6.07, 6.45) is 3.70. The minimum absolute atomic E-state index is 0.247. The van der Waals surface area contributed by atoms with Gasteiger partial charge in [0.2, 0.25) is 5.91 Å². The molecule has 1 saturated heterocycles. The number of rotatable bonds is 5. The second kappa shape index (κ2) is 8.61. The van der Waals surface area contributed by atoms with Crippen LogP contribution in [0.1, 0.15) is 25.5 Å². The van der Waals surface area contributed by atoms with Crippen molar-refractivity contribution in [1.29, 1.82) is 0 Å². The summed E-state index contributed by atoms with van der Waals surface area (Å²) in [6, 6.07) is 14.8. The van der Waals surface area contributed by atoms with Gasteiger partial charge in [0.1, 0.15) is 6.54 Å². The van der Waals surface area contributed by atoms with E-state index < -0.39 is 17.1 Å². The number of nitrogens with zero attached hydrogens (tertiary/aromatic N) is 2. The van der Waals surface area contributed by atoms with Crippen LogP contribution in [0.3, 0.4) is 0 Å². The minimum atomic E-state index is -0.474. The fraction of sp³-hybridized carbons (Fsp3) is 0.174. The summed E-state index contributed by atoms with van der Waals surface area (Å²) < 4.78 is 2.13. The van der Waals surface area contributed by atoms with Gasteiger partial charge in [-0.1, -0.05) is 35.9 Å². The number of benzene rings is 2. The summed E-state index contributed by atoms with van der Waals surface area (Å²) in [5, 5.41) is 3.67. The van der Waals surface area contributed by atoms with E-state index in [-0.39, 0.29) is 12.6 Å². The van der Waals surface area contributed by atoms with Gasteiger partial charge < -0.3 is 9.88 Å². The lowest BCUT2D eigenvalue weighted by Gasteiger charge is -2.12. The molecule has 8 heteroatoms. The van der Waals surface area contributed by atoms with E-state index in [2.05, 4.69) is 23.7 Å². The van der Waals surface area contributed by atoms with Crippen LogP contribution >= 0.6 is 23.4 Å². The predicted molar refractivity (Wildman–Crippen MR) is 125 cm³/mol. The normalized spacial score (nSPS) is 15.5. The molecule has 1 N–H and O–H groups in total. The Morgan fingerprint density at radius 3 is 2.68 bits per heavy atom. The van der Waals surface area contributed by atoms with Gasteiger partial charge in [-0.05, 0) is 56.0 Å². The lowest BCUT2D eigenvalue weighted by atomic mass is 10.1. The number of carbonyl (C=O) groups is 3. The van der Waals surface area contributed by atoms with Crippen LogP contribution in [0.15, 0.2) is 59.6 Å². The average molecular weight is 454 g/mol. The van der Waals surface area contributed by atoms with Gasteiger partial charge in [-0.25, -0.2) is 0 Å². The van der Waals surface area contributed by atoms with E-state index in [1.54, 1.807) is 30.3 Å². The van der Waals surface area contributed by atoms with Gasteiger partial charge in [-0.3, -0.25) is 19.3 Å². The fourth-order valence-electron chi connectivity index (χ4n) is 3.46. The van der Waals surface area contributed by atoms with E-state index in [1.165, 1.54) is 0 Å². The molecule has 0 spiro atoms. The van der Waals surface area contributed by atoms with Crippen LogP contribution in [-0.4, -0.2) is 33.1 Å². The van der Waals surface area contributed by atoms with Crippen molar-refractivity contribution in [2.24, 2.45) is 0 Å². The number of hydrogen-bond donors (Lipinski definition) is 1. The van der Waals surface area contributed by atoms with E-state index in [0.29, 0.717) is 15.6 Å². The van der Waals surface area contributed by atoms with Crippen molar-refractivity contribution in [3.05, 3.63) is 70.2 Å². The largest absolute Gasteiger partial charge is 0.344 e. The van der Waals surface area contributed by atoms with Gasteiger partial charge in [0.15, 0.2) is 0 Å². The molecule has 0 unspecified atom stereocenters. The Morgan fingerprint density at radius 2 is 1.94 bits per heavy atom. The summed E-state index contributed by atoms with van der Waals surface area (Å²) in [6.45, 7) is 3.81. The lowest BCUT2D eigenvalue weighted by Crippen LogP contribution is -2.36. The van der Waals surface area contributed by atoms with E-state index in [1.807, 2.05) is 30.5 Å². The highest BCUT2D eigenvalue weighted by Gasteiger charge is 2.36. The smallest absolute Gasteiger partial charge is 0.294 e. The van der Waals surface area contributed by atoms with Crippen LogP contribution in [-0.2, 0) is 9.59 Å². The topological polar surface area (TPSA) is 71.4 Å². The number of halogens is 1. The SMILES string of the molecule is CC(C)n1cc(/C=C2/SC(=O)N(CC(=O)Nc3cccc(Cl)c3)C2=O)c2ccccc21. The molecule has 0 bridgehead atoms. The Kier molecular flexibility index (Phi) is 5.89. The molecule has 1 aliphatic heterocycles. The van der Waals surface area contributed by atoms with E-state index >= 15 is 0 Å². The molecule has 0 radical (unpaired) electrons. The third-order valence-corrected chi connectivity index (χ3v) is 6.04. The number of anilines is 1. The van der Waals surface area contributed by atoms with Crippen LogP contribution in [0, 0.1) is 0 Å². The van der Waals surface area contributed by atoms with Gasteiger partial charge >= 0.3 is 0 Å². The maximum Gasteiger partial charge on any atom is 0.294 e. The number of hydrogen-bond acceptors (Lipinski definition) is 4. The Hall–Kier alpha value is -3.03. The van der Waals surface area contributed by atoms with Crippen LogP contribution in [0.4, 0.5) is 10.5 Å². The maximum absolute atomic E-state index is 12.8. The van der Waals surface area contributed by atoms with E-state index in [0.717, 1.165) is 33.1 Å². The van der Waals surface area contributed by atoms with Crippen molar-refractivity contribution in [2.45, 2.75) is 19.9 Å². The molecule has 4 rings (SSSR count). The van der Waals surface area contributed by atoms with Crippen molar-refractivity contribution in [3.8, 4) is 0 Å². The first-order valence-electron chi connectivity index (χ1n) is 9.74. The molecule has 6 nitrogen and oxygen atoms in total. The second-order valence-electron chi connectivity index (χ2n) is 7.43. The molecular formula is C23H20ClN3O3S. The second-order valence-corrected chi connectivity index (χ2v) is 8.86. The Labute approximate surface area is 188 Å². The van der Waals surface area contributed by atoms with Gasteiger partial charge in [0, 0.05) is 39.4 Å². The summed E-state index contributed by atoms with van der Waals surface area (Å²) in [7, 11) is 0. The Balaban J connectivity index is 1.55. The molecule has 3 amide bonds. The Morgan fingerprint density at radius 1 is 1.16 bits per heavy atom. The van der Waals surface area contributed by atoms with Crippen molar-refractivity contribution in [1.82, 2.24) is 9.47 Å². The predicted octanol–water partition coefficient (Wildman–Crippen LogP) is 5.55. The van der Waals surface area contributed by atoms with Gasteiger partial charge in [0.25, 0.3) is 11.1 Å². The van der Waals surface area contributed by atoms with Crippen molar-refractivity contribution in [3.63, 3.8) is 0 Å². The molecule has 1 aliphatic rings. The third kappa shape index (κ3) is 4.38. The molecular weight excluding hydrogens is 434 g/mol. The monoisotopic (exact) mass is 453 g/mol. The highest BCUT2D eigenvalue weighted by atomic mass is 35.5. The molecule has 0 atom stereocenters. The number of carbonyl (C=O) groups excluding carboxylic acids is 3. The van der Waals surface area contributed by atoms with Crippen LogP contribution in [0.5, 0.6) is 0 Å². The van der Waals surface area contributed by atoms with Crippen LogP contribution in [0.25, 0.3) is 17.0 Å². The fourth-order valence-corrected chi connectivity index (χ4v) is 4.48. The molecule has 0 saturated carbocycles. The number of amides is 3. The lowest BCUT2D eigenvalue weighted by molar-refractivity contribution is -0.127. The first-order valence-corrected chi connectivity index (χ1v) is 10.9. The maximum atomic E-state index is 12.8. The molecule has 3 aromatic rings. The molecule has 2 aromatic carbocycles. The molecule has 1 aromatic heterocycles. The standard InChI is InChI=1S/C23H20ClN3O3S/c1-14(2)26-12-15(18-8-3-4-9-19(18)26)10-20-22(29)27(23(30)31-20)13-21(28)25-17-7-5-6-16(24)11-17/h3-12,14H,13H2,1-2H3,(H,25,28)/b20-10+.